The highest BCUT2D eigenvalue weighted by molar-refractivity contribution is 5.99. The van der Waals surface area contributed by atoms with E-state index in [0.717, 1.165) is 0 Å². The van der Waals surface area contributed by atoms with E-state index >= 15 is 0 Å². The van der Waals surface area contributed by atoms with E-state index in [1.807, 2.05) is 0 Å². The molecule has 0 radical (unpaired) electrons. The summed E-state index contributed by atoms with van der Waals surface area (Å²) in [7, 11) is 0. The van der Waals surface area contributed by atoms with Crippen LogP contribution < -0.4 is 0 Å². The molecule has 1 aromatic carbocycles. The molecule has 0 aliphatic carbocycles. The monoisotopic (exact) mass is 161 g/mol. The molecule has 0 aliphatic rings. The topological polar surface area (TPSA) is 46.5 Å². The Morgan fingerprint density at radius 1 is 1.42 bits per heavy atom. The first-order valence-corrected chi connectivity index (χ1v) is 3.43. The summed E-state index contributed by atoms with van der Waals surface area (Å²) in [6.07, 6.45) is 1.40. The van der Waals surface area contributed by atoms with Crippen molar-refractivity contribution in [2.75, 3.05) is 0 Å². The minimum atomic E-state index is -0.107. The first-order valence-electron chi connectivity index (χ1n) is 3.43. The molecule has 0 amide bonds. The summed E-state index contributed by atoms with van der Waals surface area (Å²) in [5.41, 5.74) is 0.820. The Bertz CT molecular complexity index is 330. The fourth-order valence-electron chi connectivity index (χ4n) is 0.918. The summed E-state index contributed by atoms with van der Waals surface area (Å²) in [6, 6.07) is 6.66. The Morgan fingerprint density at radius 3 is 2.67 bits per heavy atom. The van der Waals surface area contributed by atoms with Crippen molar-refractivity contribution in [3.63, 3.8) is 0 Å². The van der Waals surface area contributed by atoms with Gasteiger partial charge in [0, 0.05) is 5.56 Å². The quantitative estimate of drug-likeness (QED) is 0.377. The van der Waals surface area contributed by atoms with Crippen LogP contribution in [-0.2, 0) is 4.79 Å². The number of para-hydroxylation sites is 1. The smallest absolute Gasteiger partial charge is 0.240 e. The summed E-state index contributed by atoms with van der Waals surface area (Å²) in [6.45, 7) is 1.43. The first kappa shape index (κ1) is 8.37. The second kappa shape index (κ2) is 3.60. The molecule has 0 N–H and O–H groups in total. The van der Waals surface area contributed by atoms with Gasteiger partial charge in [0.05, 0.1) is 5.69 Å². The van der Waals surface area contributed by atoms with Crippen LogP contribution in [-0.4, -0.2) is 11.9 Å². The predicted octanol–water partition coefficient (Wildman–Crippen LogP) is 1.86. The van der Waals surface area contributed by atoms with E-state index in [2.05, 4.69) is 4.99 Å². The number of ketones is 1. The van der Waals surface area contributed by atoms with Crippen molar-refractivity contribution in [3.05, 3.63) is 29.8 Å². The molecule has 3 nitrogen and oxygen atoms in total. The van der Waals surface area contributed by atoms with Crippen LogP contribution in [0.1, 0.15) is 17.3 Å². The molecule has 0 spiro atoms. The zero-order valence-electron chi connectivity index (χ0n) is 6.57. The van der Waals surface area contributed by atoms with Crippen molar-refractivity contribution in [1.82, 2.24) is 0 Å². The normalized spacial score (nSPS) is 8.75. The van der Waals surface area contributed by atoms with Gasteiger partial charge in [-0.25, -0.2) is 4.79 Å². The molecule has 1 aromatic rings. The molecule has 3 heteroatoms. The molecule has 0 aromatic heterocycles. The maximum absolute atomic E-state index is 11.0. The van der Waals surface area contributed by atoms with Gasteiger partial charge in [-0.15, -0.1) is 0 Å². The molecule has 60 valence electrons. The predicted molar refractivity (Wildman–Crippen MR) is 44.2 cm³/mol. The van der Waals surface area contributed by atoms with Crippen molar-refractivity contribution in [3.8, 4) is 0 Å². The van der Waals surface area contributed by atoms with E-state index < -0.39 is 0 Å². The second-order valence-electron chi connectivity index (χ2n) is 2.28. The molecule has 0 atom stereocenters. The third kappa shape index (κ3) is 1.65. The SMILES string of the molecule is CC(=O)c1ccccc1N=C=O. The lowest BCUT2D eigenvalue weighted by molar-refractivity contribution is 0.101. The number of hydrogen-bond donors (Lipinski definition) is 0. The molecule has 0 bridgehead atoms. The number of rotatable bonds is 2. The van der Waals surface area contributed by atoms with Crippen molar-refractivity contribution in [1.29, 1.82) is 0 Å². The maximum Gasteiger partial charge on any atom is 0.240 e. The van der Waals surface area contributed by atoms with Crippen LogP contribution >= 0.6 is 0 Å². The van der Waals surface area contributed by atoms with Gasteiger partial charge in [0.2, 0.25) is 6.08 Å². The molecule has 0 fully saturated rings. The van der Waals surface area contributed by atoms with Crippen LogP contribution in [0.2, 0.25) is 0 Å². The van der Waals surface area contributed by atoms with E-state index in [0.29, 0.717) is 11.3 Å². The third-order valence-electron chi connectivity index (χ3n) is 1.45. The van der Waals surface area contributed by atoms with Crippen LogP contribution in [0.3, 0.4) is 0 Å². The molecule has 0 saturated carbocycles. The van der Waals surface area contributed by atoms with E-state index in [4.69, 9.17) is 0 Å². The number of carbonyl (C=O) groups excluding carboxylic acids is 2. The highest BCUT2D eigenvalue weighted by Gasteiger charge is 2.03. The van der Waals surface area contributed by atoms with E-state index in [-0.39, 0.29) is 5.78 Å². The average Bonchev–Trinajstić information content (AvgIpc) is 2.05. The molecule has 0 aliphatic heterocycles. The Kier molecular flexibility index (Phi) is 2.51. The van der Waals surface area contributed by atoms with Gasteiger partial charge in [-0.05, 0) is 19.1 Å². The lowest BCUT2D eigenvalue weighted by atomic mass is 10.1. The van der Waals surface area contributed by atoms with Crippen LogP contribution in [0, 0.1) is 0 Å². The van der Waals surface area contributed by atoms with E-state index in [9.17, 15) is 9.59 Å². The summed E-state index contributed by atoms with van der Waals surface area (Å²) in [4.78, 5) is 24.3. The number of benzene rings is 1. The van der Waals surface area contributed by atoms with Crippen molar-refractivity contribution in [2.24, 2.45) is 4.99 Å². The van der Waals surface area contributed by atoms with Gasteiger partial charge < -0.3 is 0 Å². The second-order valence-corrected chi connectivity index (χ2v) is 2.28. The van der Waals surface area contributed by atoms with Crippen LogP contribution in [0.5, 0.6) is 0 Å². The van der Waals surface area contributed by atoms with Gasteiger partial charge in [-0.3, -0.25) is 4.79 Å². The summed E-state index contributed by atoms with van der Waals surface area (Å²) in [5, 5.41) is 0. The molecule has 12 heavy (non-hydrogen) atoms. The molecule has 0 heterocycles. The summed E-state index contributed by atoms with van der Waals surface area (Å²) >= 11 is 0. The number of carbonyl (C=O) groups is 1. The lowest BCUT2D eigenvalue weighted by Gasteiger charge is -1.96. The molecular formula is C9H7NO2. The van der Waals surface area contributed by atoms with Gasteiger partial charge in [-0.2, -0.15) is 4.99 Å². The summed E-state index contributed by atoms with van der Waals surface area (Å²) < 4.78 is 0. The Morgan fingerprint density at radius 2 is 2.08 bits per heavy atom. The molecular weight excluding hydrogens is 154 g/mol. The van der Waals surface area contributed by atoms with Gasteiger partial charge in [0.1, 0.15) is 0 Å². The minimum Gasteiger partial charge on any atom is -0.294 e. The van der Waals surface area contributed by atoms with Crippen molar-refractivity contribution in [2.45, 2.75) is 6.92 Å². The first-order chi connectivity index (χ1) is 5.75. The van der Waals surface area contributed by atoms with Gasteiger partial charge in [0.15, 0.2) is 5.78 Å². The number of Topliss-reactive ketones (excluding diaryl/α,β-unsaturated/α-hetero) is 1. The number of aliphatic imine (C=N–C) groups is 1. The lowest BCUT2D eigenvalue weighted by Crippen LogP contribution is -1.91. The Hall–Kier alpha value is -1.73. The fourth-order valence-corrected chi connectivity index (χ4v) is 0.918. The average molecular weight is 161 g/mol. The van der Waals surface area contributed by atoms with Crippen LogP contribution in [0.25, 0.3) is 0 Å². The number of nitrogens with zero attached hydrogens (tertiary/aromatic N) is 1. The van der Waals surface area contributed by atoms with Gasteiger partial charge in [0.25, 0.3) is 0 Å². The number of isocyanates is 1. The molecule has 0 unspecified atom stereocenters. The van der Waals surface area contributed by atoms with Gasteiger partial charge in [-0.1, -0.05) is 12.1 Å². The minimum absolute atomic E-state index is 0.107. The zero-order valence-corrected chi connectivity index (χ0v) is 6.57. The van der Waals surface area contributed by atoms with Crippen LogP contribution in [0.4, 0.5) is 5.69 Å². The Labute approximate surface area is 69.7 Å². The Balaban J connectivity index is 3.26. The summed E-state index contributed by atoms with van der Waals surface area (Å²) in [5.74, 6) is -0.107. The van der Waals surface area contributed by atoms with Crippen molar-refractivity contribution < 1.29 is 9.59 Å². The highest BCUT2D eigenvalue weighted by atomic mass is 16.1. The van der Waals surface area contributed by atoms with E-state index in [1.54, 1.807) is 24.3 Å². The maximum atomic E-state index is 11.0. The van der Waals surface area contributed by atoms with Crippen LogP contribution in [0.15, 0.2) is 29.3 Å². The largest absolute Gasteiger partial charge is 0.294 e. The molecule has 1 rings (SSSR count). The standard InChI is InChI=1S/C9H7NO2/c1-7(12)8-4-2-3-5-9(8)10-6-11/h2-5H,1H3. The highest BCUT2D eigenvalue weighted by Crippen LogP contribution is 2.17. The zero-order chi connectivity index (χ0) is 8.97. The fraction of sp³-hybridized carbons (Fsp3) is 0.111. The van der Waals surface area contributed by atoms with E-state index in [1.165, 1.54) is 13.0 Å². The molecule has 0 saturated heterocycles. The van der Waals surface area contributed by atoms with Crippen molar-refractivity contribution >= 4 is 17.6 Å². The third-order valence-corrected chi connectivity index (χ3v) is 1.45. The van der Waals surface area contributed by atoms with Gasteiger partial charge >= 0.3 is 0 Å². The number of hydrogen-bond acceptors (Lipinski definition) is 3.